The standard InChI is InChI=1S/C5H12NO4P.C4H10/c1-3-10-5(7)4-6-11(2,8)9;1-4(2)3/h3-4H2,1-2H3,(H2,6,8,9);4H,1-3H3. The van der Waals surface area contributed by atoms with Crippen molar-refractivity contribution < 1.29 is 19.0 Å². The molecule has 0 saturated heterocycles. The molecule has 6 heteroatoms. The van der Waals surface area contributed by atoms with Crippen LogP contribution in [0.2, 0.25) is 0 Å². The predicted octanol–water partition coefficient (Wildman–Crippen LogP) is 1.62. The van der Waals surface area contributed by atoms with Gasteiger partial charge >= 0.3 is 5.97 Å². The molecular formula is C9H22NO4P. The molecule has 0 heterocycles. The molecule has 0 bridgehead atoms. The molecule has 0 aliphatic carbocycles. The third-order valence-electron chi connectivity index (χ3n) is 0.822. The summed E-state index contributed by atoms with van der Waals surface area (Å²) in [5, 5.41) is 2.14. The van der Waals surface area contributed by atoms with E-state index in [1.807, 2.05) is 0 Å². The fraction of sp³-hybridized carbons (Fsp3) is 0.889. The van der Waals surface area contributed by atoms with Crippen molar-refractivity contribution in [1.82, 2.24) is 5.09 Å². The van der Waals surface area contributed by atoms with Crippen molar-refractivity contribution in [3.8, 4) is 0 Å². The molecule has 15 heavy (non-hydrogen) atoms. The van der Waals surface area contributed by atoms with E-state index in [1.165, 1.54) is 0 Å². The van der Waals surface area contributed by atoms with Crippen LogP contribution >= 0.6 is 7.52 Å². The molecule has 0 aliphatic rings. The third-order valence-corrected chi connectivity index (χ3v) is 1.57. The highest BCUT2D eigenvalue weighted by atomic mass is 31.2. The number of nitrogens with one attached hydrogen (secondary N) is 1. The summed E-state index contributed by atoms with van der Waals surface area (Å²) in [6.07, 6.45) is 0. The average Bonchev–Trinajstić information content (AvgIpc) is 1.99. The molecule has 0 spiro atoms. The molecule has 0 aliphatic heterocycles. The van der Waals surface area contributed by atoms with Gasteiger partial charge in [0.25, 0.3) is 7.52 Å². The monoisotopic (exact) mass is 239 g/mol. The average molecular weight is 239 g/mol. The van der Waals surface area contributed by atoms with Gasteiger partial charge in [0.15, 0.2) is 0 Å². The zero-order valence-corrected chi connectivity index (χ0v) is 11.0. The summed E-state index contributed by atoms with van der Waals surface area (Å²) >= 11 is 0. The van der Waals surface area contributed by atoms with Crippen LogP contribution in [-0.2, 0) is 14.1 Å². The Kier molecular flexibility index (Phi) is 10.1. The molecule has 0 saturated carbocycles. The quantitative estimate of drug-likeness (QED) is 0.576. The fourth-order valence-electron chi connectivity index (χ4n) is 0.423. The summed E-state index contributed by atoms with van der Waals surface area (Å²) in [6.45, 7) is 9.34. The van der Waals surface area contributed by atoms with Gasteiger partial charge in [-0.25, -0.2) is 5.09 Å². The topological polar surface area (TPSA) is 75.6 Å². The van der Waals surface area contributed by atoms with Gasteiger partial charge in [0.05, 0.1) is 6.61 Å². The van der Waals surface area contributed by atoms with Crippen molar-refractivity contribution in [2.75, 3.05) is 19.8 Å². The number of rotatable bonds is 4. The van der Waals surface area contributed by atoms with Crippen molar-refractivity contribution in [1.29, 1.82) is 0 Å². The number of hydrogen-bond acceptors (Lipinski definition) is 3. The first-order chi connectivity index (χ1) is 6.69. The van der Waals surface area contributed by atoms with Crippen LogP contribution in [0, 0.1) is 5.92 Å². The van der Waals surface area contributed by atoms with Crippen LogP contribution in [-0.4, -0.2) is 30.7 Å². The molecule has 2 N–H and O–H groups in total. The van der Waals surface area contributed by atoms with Crippen LogP contribution in [0.1, 0.15) is 27.7 Å². The molecule has 5 nitrogen and oxygen atoms in total. The van der Waals surface area contributed by atoms with Gasteiger partial charge in [-0.05, 0) is 12.8 Å². The summed E-state index contributed by atoms with van der Waals surface area (Å²) in [6, 6.07) is 0. The van der Waals surface area contributed by atoms with Gasteiger partial charge in [0.2, 0.25) is 0 Å². The highest BCUT2D eigenvalue weighted by molar-refractivity contribution is 7.55. The second-order valence-corrected chi connectivity index (χ2v) is 5.83. The normalized spacial score (nSPS) is 13.8. The van der Waals surface area contributed by atoms with Gasteiger partial charge in [0.1, 0.15) is 6.54 Å². The molecule has 0 rings (SSSR count). The minimum absolute atomic E-state index is 0.224. The molecule has 0 amide bonds. The largest absolute Gasteiger partial charge is 0.465 e. The van der Waals surface area contributed by atoms with E-state index in [0.717, 1.165) is 12.6 Å². The van der Waals surface area contributed by atoms with Crippen molar-refractivity contribution >= 4 is 13.5 Å². The Morgan fingerprint density at radius 1 is 1.47 bits per heavy atom. The molecule has 0 radical (unpaired) electrons. The second kappa shape index (κ2) is 8.89. The molecule has 1 atom stereocenters. The van der Waals surface area contributed by atoms with Gasteiger partial charge in [0, 0.05) is 6.66 Å². The molecular weight excluding hydrogens is 217 g/mol. The lowest BCUT2D eigenvalue weighted by Gasteiger charge is -2.06. The minimum atomic E-state index is -3.29. The second-order valence-electron chi connectivity index (χ2n) is 3.75. The summed E-state index contributed by atoms with van der Waals surface area (Å²) < 4.78 is 15.1. The Labute approximate surface area is 91.7 Å². The van der Waals surface area contributed by atoms with Crippen LogP contribution in [0.25, 0.3) is 0 Å². The van der Waals surface area contributed by atoms with E-state index in [9.17, 15) is 9.36 Å². The lowest BCUT2D eigenvalue weighted by molar-refractivity contribution is -0.141. The van der Waals surface area contributed by atoms with Crippen LogP contribution in [0.3, 0.4) is 0 Å². The Morgan fingerprint density at radius 2 is 1.87 bits per heavy atom. The van der Waals surface area contributed by atoms with Crippen molar-refractivity contribution in [2.24, 2.45) is 5.92 Å². The van der Waals surface area contributed by atoms with E-state index in [1.54, 1.807) is 6.92 Å². The third kappa shape index (κ3) is 24.7. The number of carbonyl (C=O) groups is 1. The van der Waals surface area contributed by atoms with Crippen LogP contribution in [0.4, 0.5) is 0 Å². The van der Waals surface area contributed by atoms with E-state index in [4.69, 9.17) is 4.89 Å². The summed E-state index contributed by atoms with van der Waals surface area (Å²) in [5.41, 5.74) is 0. The maximum absolute atomic E-state index is 10.6. The Hall–Kier alpha value is -0.380. The maximum atomic E-state index is 10.6. The number of hydrogen-bond donors (Lipinski definition) is 2. The summed E-state index contributed by atoms with van der Waals surface area (Å²) in [5.74, 6) is 0.309. The maximum Gasteiger partial charge on any atom is 0.320 e. The SMILES string of the molecule is CC(C)C.CCOC(=O)CNP(C)(=O)O. The van der Waals surface area contributed by atoms with Gasteiger partial charge in [-0.2, -0.15) is 0 Å². The van der Waals surface area contributed by atoms with Gasteiger partial charge in [-0.15, -0.1) is 0 Å². The molecule has 92 valence electrons. The highest BCUT2D eigenvalue weighted by Crippen LogP contribution is 2.27. The number of carbonyl (C=O) groups excluding carboxylic acids is 1. The molecule has 0 aromatic heterocycles. The lowest BCUT2D eigenvalue weighted by Crippen LogP contribution is -2.21. The Bertz CT molecular complexity index is 209. The number of ether oxygens (including phenoxy) is 1. The molecule has 0 aromatic carbocycles. The first-order valence-electron chi connectivity index (χ1n) is 4.90. The van der Waals surface area contributed by atoms with E-state index >= 15 is 0 Å². The lowest BCUT2D eigenvalue weighted by atomic mass is 10.3. The highest BCUT2D eigenvalue weighted by Gasteiger charge is 2.10. The fourth-order valence-corrected chi connectivity index (χ4v) is 0.846. The van der Waals surface area contributed by atoms with Crippen LogP contribution < -0.4 is 5.09 Å². The first kappa shape index (κ1) is 17.0. The Morgan fingerprint density at radius 3 is 2.13 bits per heavy atom. The van der Waals surface area contributed by atoms with Crippen molar-refractivity contribution in [3.05, 3.63) is 0 Å². The van der Waals surface area contributed by atoms with Crippen molar-refractivity contribution in [2.45, 2.75) is 27.7 Å². The van der Waals surface area contributed by atoms with Crippen LogP contribution in [0.15, 0.2) is 0 Å². The number of esters is 1. The molecule has 0 fully saturated rings. The van der Waals surface area contributed by atoms with E-state index in [2.05, 4.69) is 30.6 Å². The zero-order valence-electron chi connectivity index (χ0n) is 10.1. The van der Waals surface area contributed by atoms with E-state index in [0.29, 0.717) is 0 Å². The van der Waals surface area contributed by atoms with Crippen molar-refractivity contribution in [3.63, 3.8) is 0 Å². The van der Waals surface area contributed by atoms with E-state index in [-0.39, 0.29) is 13.2 Å². The van der Waals surface area contributed by atoms with Crippen LogP contribution in [0.5, 0.6) is 0 Å². The summed E-state index contributed by atoms with van der Waals surface area (Å²) in [4.78, 5) is 19.2. The van der Waals surface area contributed by atoms with E-state index < -0.39 is 13.5 Å². The zero-order chi connectivity index (χ0) is 12.5. The molecule has 1 unspecified atom stereocenters. The van der Waals surface area contributed by atoms with Gasteiger partial charge in [-0.1, -0.05) is 20.8 Å². The smallest absolute Gasteiger partial charge is 0.320 e. The summed E-state index contributed by atoms with van der Waals surface area (Å²) in [7, 11) is -3.29. The molecule has 0 aromatic rings. The first-order valence-corrected chi connectivity index (χ1v) is 7.00. The van der Waals surface area contributed by atoms with Gasteiger partial charge < -0.3 is 9.63 Å². The predicted molar refractivity (Wildman–Crippen MR) is 60.9 cm³/mol. The minimum Gasteiger partial charge on any atom is -0.465 e. The van der Waals surface area contributed by atoms with Gasteiger partial charge in [-0.3, -0.25) is 9.36 Å². The Balaban J connectivity index is 0.